The molecule has 1 aliphatic heterocycles. The zero-order chi connectivity index (χ0) is 20.9. The van der Waals surface area contributed by atoms with E-state index in [0.717, 1.165) is 24.1 Å². The summed E-state index contributed by atoms with van der Waals surface area (Å²) in [7, 11) is 0. The molecule has 0 spiro atoms. The lowest BCUT2D eigenvalue weighted by molar-refractivity contribution is 0.100. The van der Waals surface area contributed by atoms with Crippen molar-refractivity contribution in [3.05, 3.63) is 59.1 Å². The average molecular weight is 427 g/mol. The van der Waals surface area contributed by atoms with E-state index in [-0.39, 0.29) is 12.1 Å². The Morgan fingerprint density at radius 1 is 1.23 bits per heavy atom. The van der Waals surface area contributed by atoms with E-state index in [1.54, 1.807) is 17.5 Å². The van der Waals surface area contributed by atoms with Crippen molar-refractivity contribution >= 4 is 29.0 Å². The van der Waals surface area contributed by atoms with Crippen LogP contribution in [0.3, 0.4) is 0 Å². The van der Waals surface area contributed by atoms with Gasteiger partial charge in [-0.25, -0.2) is 14.9 Å². The molecular formula is C19H22N8O2S. The van der Waals surface area contributed by atoms with Crippen molar-refractivity contribution in [1.82, 2.24) is 24.8 Å². The number of amides is 3. The average Bonchev–Trinajstić information content (AvgIpc) is 3.46. The molecule has 1 fully saturated rings. The van der Waals surface area contributed by atoms with E-state index in [1.165, 1.54) is 23.5 Å². The number of anilines is 1. The Kier molecular flexibility index (Phi) is 5.89. The molecule has 0 unspecified atom stereocenters. The first-order valence-electron chi connectivity index (χ1n) is 9.54. The molecule has 10 nitrogen and oxygen atoms in total. The molecule has 3 aromatic heterocycles. The fraction of sp³-hybridized carbons (Fsp3) is 0.316. The molecule has 4 rings (SSSR count). The first-order valence-corrected chi connectivity index (χ1v) is 10.5. The van der Waals surface area contributed by atoms with Gasteiger partial charge in [0.25, 0.3) is 5.91 Å². The predicted octanol–water partition coefficient (Wildman–Crippen LogP) is 1.67. The highest BCUT2D eigenvalue weighted by Gasteiger charge is 2.29. The minimum absolute atomic E-state index is 0.0523. The number of carbonyl (C=O) groups is 2. The van der Waals surface area contributed by atoms with Gasteiger partial charge in [-0.05, 0) is 41.3 Å². The number of nitrogens with one attached hydrogen (secondary N) is 1. The highest BCUT2D eigenvalue weighted by atomic mass is 32.1. The number of thiophene rings is 1. The van der Waals surface area contributed by atoms with Crippen LogP contribution in [0.4, 0.5) is 10.5 Å². The van der Waals surface area contributed by atoms with Crippen molar-refractivity contribution in [1.29, 1.82) is 0 Å². The van der Waals surface area contributed by atoms with Gasteiger partial charge in [-0.3, -0.25) is 9.78 Å². The van der Waals surface area contributed by atoms with Gasteiger partial charge in [0.15, 0.2) is 0 Å². The van der Waals surface area contributed by atoms with Gasteiger partial charge in [0.05, 0.1) is 11.3 Å². The summed E-state index contributed by atoms with van der Waals surface area (Å²) in [6.07, 6.45) is 7.57. The molecule has 11 heteroatoms. The van der Waals surface area contributed by atoms with Gasteiger partial charge < -0.3 is 15.5 Å². The zero-order valence-corrected chi connectivity index (χ0v) is 17.0. The lowest BCUT2D eigenvalue weighted by Crippen LogP contribution is -2.49. The number of hydrogen-bond donors (Lipinski definition) is 2. The van der Waals surface area contributed by atoms with E-state index in [1.807, 2.05) is 27.8 Å². The Morgan fingerprint density at radius 3 is 2.67 bits per heavy atom. The molecule has 0 saturated carbocycles. The van der Waals surface area contributed by atoms with Crippen LogP contribution >= 0.6 is 11.3 Å². The van der Waals surface area contributed by atoms with Crippen molar-refractivity contribution in [2.24, 2.45) is 5.73 Å². The highest BCUT2D eigenvalue weighted by molar-refractivity contribution is 7.07. The molecular weight excluding hydrogens is 404 g/mol. The van der Waals surface area contributed by atoms with Crippen LogP contribution in [0.2, 0.25) is 0 Å². The summed E-state index contributed by atoms with van der Waals surface area (Å²) in [6.45, 7) is 1.92. The summed E-state index contributed by atoms with van der Waals surface area (Å²) in [6, 6.07) is 3.68. The normalized spacial score (nSPS) is 14.5. The van der Waals surface area contributed by atoms with Crippen LogP contribution in [0.1, 0.15) is 28.8 Å². The van der Waals surface area contributed by atoms with Gasteiger partial charge in [-0.1, -0.05) is 0 Å². The molecule has 1 saturated heterocycles. The van der Waals surface area contributed by atoms with E-state index in [0.29, 0.717) is 25.2 Å². The van der Waals surface area contributed by atoms with Crippen molar-refractivity contribution < 1.29 is 9.59 Å². The largest absolute Gasteiger partial charge is 0.371 e. The highest BCUT2D eigenvalue weighted by Crippen LogP contribution is 2.26. The SMILES string of the molecule is NC(=O)c1cnccc1N1CCC(N(Cc2ccsc2)C(=O)Nn2cnnc2)CC1. The fourth-order valence-corrected chi connectivity index (χ4v) is 4.31. The summed E-state index contributed by atoms with van der Waals surface area (Å²) in [5.74, 6) is -0.493. The summed E-state index contributed by atoms with van der Waals surface area (Å²) in [5.41, 5.74) is 10.6. The minimum atomic E-state index is -0.493. The van der Waals surface area contributed by atoms with Gasteiger partial charge in [-0.15, -0.1) is 10.2 Å². The summed E-state index contributed by atoms with van der Waals surface area (Å²) in [5, 5.41) is 11.5. The van der Waals surface area contributed by atoms with Gasteiger partial charge in [0, 0.05) is 38.1 Å². The molecule has 0 bridgehead atoms. The molecule has 1 aliphatic rings. The number of rotatable bonds is 6. The molecule has 0 aromatic carbocycles. The quantitative estimate of drug-likeness (QED) is 0.618. The molecule has 3 aromatic rings. The monoisotopic (exact) mass is 426 g/mol. The number of nitrogens with zero attached hydrogens (tertiary/aromatic N) is 6. The van der Waals surface area contributed by atoms with Crippen LogP contribution < -0.4 is 16.1 Å². The number of carbonyl (C=O) groups excluding carboxylic acids is 2. The number of piperidine rings is 1. The van der Waals surface area contributed by atoms with Crippen LogP contribution in [0.25, 0.3) is 0 Å². The van der Waals surface area contributed by atoms with Crippen LogP contribution in [0, 0.1) is 0 Å². The van der Waals surface area contributed by atoms with E-state index in [4.69, 9.17) is 5.73 Å². The number of hydrogen-bond acceptors (Lipinski definition) is 7. The first-order chi connectivity index (χ1) is 14.6. The second kappa shape index (κ2) is 8.91. The molecule has 3 N–H and O–H groups in total. The Morgan fingerprint density at radius 2 is 2.00 bits per heavy atom. The van der Waals surface area contributed by atoms with E-state index < -0.39 is 5.91 Å². The van der Waals surface area contributed by atoms with Crippen LogP contribution in [0.15, 0.2) is 47.9 Å². The predicted molar refractivity (Wildman–Crippen MR) is 113 cm³/mol. The molecule has 4 heterocycles. The molecule has 3 amide bonds. The van der Waals surface area contributed by atoms with Crippen molar-refractivity contribution in [3.8, 4) is 0 Å². The first kappa shape index (κ1) is 19.8. The second-order valence-corrected chi connectivity index (χ2v) is 7.80. The van der Waals surface area contributed by atoms with E-state index in [9.17, 15) is 9.59 Å². The maximum Gasteiger partial charge on any atom is 0.337 e. The number of nitrogens with two attached hydrogens (primary N) is 1. The number of primary amides is 1. The molecule has 30 heavy (non-hydrogen) atoms. The van der Waals surface area contributed by atoms with Crippen LogP contribution in [-0.2, 0) is 6.54 Å². The zero-order valence-electron chi connectivity index (χ0n) is 16.2. The summed E-state index contributed by atoms with van der Waals surface area (Å²) < 4.78 is 1.44. The smallest absolute Gasteiger partial charge is 0.337 e. The third kappa shape index (κ3) is 4.40. The molecule has 0 radical (unpaired) electrons. The van der Waals surface area contributed by atoms with Gasteiger partial charge in [-0.2, -0.15) is 11.3 Å². The van der Waals surface area contributed by atoms with Gasteiger partial charge in [0.1, 0.15) is 12.7 Å². The Labute approximate surface area is 177 Å². The maximum absolute atomic E-state index is 13.0. The number of urea groups is 1. The number of pyridine rings is 1. The molecule has 0 atom stereocenters. The minimum Gasteiger partial charge on any atom is -0.371 e. The maximum atomic E-state index is 13.0. The third-order valence-corrected chi connectivity index (χ3v) is 5.88. The third-order valence-electron chi connectivity index (χ3n) is 5.15. The summed E-state index contributed by atoms with van der Waals surface area (Å²) in [4.78, 5) is 32.7. The van der Waals surface area contributed by atoms with E-state index >= 15 is 0 Å². The van der Waals surface area contributed by atoms with E-state index in [2.05, 4.69) is 25.5 Å². The Hall–Kier alpha value is -3.47. The topological polar surface area (TPSA) is 122 Å². The van der Waals surface area contributed by atoms with Crippen molar-refractivity contribution in [2.45, 2.75) is 25.4 Å². The fourth-order valence-electron chi connectivity index (χ4n) is 3.65. The van der Waals surface area contributed by atoms with Crippen LogP contribution in [-0.4, -0.2) is 55.8 Å². The van der Waals surface area contributed by atoms with Gasteiger partial charge in [0.2, 0.25) is 0 Å². The second-order valence-electron chi connectivity index (χ2n) is 7.02. The number of aromatic nitrogens is 4. The van der Waals surface area contributed by atoms with Crippen LogP contribution in [0.5, 0.6) is 0 Å². The molecule has 156 valence electrons. The Bertz CT molecular complexity index is 984. The lowest BCUT2D eigenvalue weighted by atomic mass is 10.0. The van der Waals surface area contributed by atoms with Crippen molar-refractivity contribution in [3.63, 3.8) is 0 Å². The van der Waals surface area contributed by atoms with Crippen molar-refractivity contribution in [2.75, 3.05) is 23.4 Å². The lowest BCUT2D eigenvalue weighted by Gasteiger charge is -2.39. The summed E-state index contributed by atoms with van der Waals surface area (Å²) >= 11 is 1.61. The standard InChI is InChI=1S/C19H22N8O2S/c20-18(28)16-9-21-5-1-17(16)25-6-2-15(3-7-25)27(10-14-4-8-30-11-14)19(29)24-26-12-22-23-13-26/h1,4-5,8-9,11-13,15H,2-3,6-7,10H2,(H2,20,28)(H,24,29). The molecule has 0 aliphatic carbocycles. The van der Waals surface area contributed by atoms with Gasteiger partial charge >= 0.3 is 6.03 Å². The Balaban J connectivity index is 1.47.